The van der Waals surface area contributed by atoms with Crippen LogP contribution in [0.25, 0.3) is 0 Å². The van der Waals surface area contributed by atoms with E-state index in [1.165, 1.54) is 25.7 Å². The van der Waals surface area contributed by atoms with E-state index in [1.807, 2.05) is 0 Å². The molecule has 1 aliphatic heterocycles. The zero-order chi connectivity index (χ0) is 13.0. The second-order valence-corrected chi connectivity index (χ2v) is 7.51. The predicted octanol–water partition coefficient (Wildman–Crippen LogP) is 2.38. The normalized spacial score (nSPS) is 28.2. The van der Waals surface area contributed by atoms with Gasteiger partial charge in [0.15, 0.2) is 0 Å². The Morgan fingerprint density at radius 3 is 2.95 bits per heavy atom. The summed E-state index contributed by atoms with van der Waals surface area (Å²) in [6.45, 7) is 0.900. The Labute approximate surface area is 131 Å². The summed E-state index contributed by atoms with van der Waals surface area (Å²) in [6, 6.07) is 0.174. The monoisotopic (exact) mass is 324 g/mol. The van der Waals surface area contributed by atoms with Crippen molar-refractivity contribution in [1.82, 2.24) is 4.90 Å². The van der Waals surface area contributed by atoms with Crippen LogP contribution in [0.1, 0.15) is 32.1 Å². The first-order valence-corrected chi connectivity index (χ1v) is 9.35. The molecular formula is C13H25ClN2OS2. The van der Waals surface area contributed by atoms with Crippen LogP contribution in [0, 0.1) is 0 Å². The highest BCUT2D eigenvalue weighted by Gasteiger charge is 2.37. The maximum Gasteiger partial charge on any atom is 0.239 e. The number of hydrogen-bond donors (Lipinski definition) is 1. The van der Waals surface area contributed by atoms with Crippen LogP contribution in [0.3, 0.4) is 0 Å². The topological polar surface area (TPSA) is 46.3 Å². The van der Waals surface area contributed by atoms with E-state index in [1.54, 1.807) is 11.8 Å². The van der Waals surface area contributed by atoms with Crippen LogP contribution in [0.15, 0.2) is 0 Å². The fourth-order valence-electron chi connectivity index (χ4n) is 2.95. The van der Waals surface area contributed by atoms with Gasteiger partial charge in [0.2, 0.25) is 5.91 Å². The van der Waals surface area contributed by atoms with E-state index >= 15 is 0 Å². The van der Waals surface area contributed by atoms with Crippen molar-refractivity contribution in [3.05, 3.63) is 0 Å². The average molecular weight is 325 g/mol. The van der Waals surface area contributed by atoms with Crippen molar-refractivity contribution in [2.75, 3.05) is 24.3 Å². The number of rotatable bonds is 4. The first kappa shape index (κ1) is 17.5. The molecule has 2 fully saturated rings. The first-order valence-electron chi connectivity index (χ1n) is 6.90. The molecule has 1 aliphatic carbocycles. The average Bonchev–Trinajstić information content (AvgIpc) is 2.43. The molecule has 0 aromatic rings. The molecule has 3 nitrogen and oxygen atoms in total. The predicted molar refractivity (Wildman–Crippen MR) is 88.4 cm³/mol. The zero-order valence-corrected chi connectivity index (χ0v) is 14.0. The fraction of sp³-hybridized carbons (Fsp3) is 0.923. The highest BCUT2D eigenvalue weighted by molar-refractivity contribution is 8.00. The molecule has 1 amide bonds. The lowest BCUT2D eigenvalue weighted by Gasteiger charge is -2.44. The maximum atomic E-state index is 12.4. The molecule has 1 heterocycles. The number of nitrogens with two attached hydrogens (primary N) is 1. The van der Waals surface area contributed by atoms with Gasteiger partial charge >= 0.3 is 0 Å². The number of thioether (sulfide) groups is 2. The zero-order valence-electron chi connectivity index (χ0n) is 11.5. The van der Waals surface area contributed by atoms with Gasteiger partial charge in [0.1, 0.15) is 0 Å². The van der Waals surface area contributed by atoms with Crippen LogP contribution >= 0.6 is 35.9 Å². The minimum atomic E-state index is -0.289. The van der Waals surface area contributed by atoms with Gasteiger partial charge < -0.3 is 10.6 Å². The van der Waals surface area contributed by atoms with Gasteiger partial charge in [-0.25, -0.2) is 0 Å². The minimum Gasteiger partial charge on any atom is -0.336 e. The van der Waals surface area contributed by atoms with Crippen molar-refractivity contribution in [3.8, 4) is 0 Å². The Morgan fingerprint density at radius 2 is 2.21 bits per heavy atom. The second kappa shape index (κ2) is 8.65. The lowest BCUT2D eigenvalue weighted by Crippen LogP contribution is -2.56. The van der Waals surface area contributed by atoms with Crippen LogP contribution in [-0.2, 0) is 4.79 Å². The standard InChI is InChI=1S/C13H24N2OS2.ClH/c1-17-8-6-10(14)13(16)15-7-9-18-12-5-3-2-4-11(12)15;/h10-12H,2-9,14H2,1H3;1H/t10-,11?,12?;/m0./s1. The summed E-state index contributed by atoms with van der Waals surface area (Å²) < 4.78 is 0. The Bertz CT molecular complexity index is 292. The molecule has 1 saturated carbocycles. The fourth-order valence-corrected chi connectivity index (χ4v) is 4.88. The van der Waals surface area contributed by atoms with Crippen LogP contribution in [-0.4, -0.2) is 52.4 Å². The molecule has 3 atom stereocenters. The van der Waals surface area contributed by atoms with E-state index in [2.05, 4.69) is 22.9 Å². The lowest BCUT2D eigenvalue weighted by atomic mass is 9.92. The molecule has 112 valence electrons. The summed E-state index contributed by atoms with van der Waals surface area (Å²) in [5.41, 5.74) is 6.04. The van der Waals surface area contributed by atoms with Crippen molar-refractivity contribution in [2.24, 2.45) is 5.73 Å². The van der Waals surface area contributed by atoms with E-state index in [-0.39, 0.29) is 24.4 Å². The third kappa shape index (κ3) is 4.45. The number of amides is 1. The molecule has 0 aromatic carbocycles. The minimum absolute atomic E-state index is 0. The molecule has 0 spiro atoms. The number of halogens is 1. The van der Waals surface area contributed by atoms with E-state index in [0.717, 1.165) is 24.5 Å². The number of nitrogens with zero attached hydrogens (tertiary/aromatic N) is 1. The van der Waals surface area contributed by atoms with Crippen LogP contribution < -0.4 is 5.73 Å². The Balaban J connectivity index is 0.00000180. The molecule has 2 aliphatic rings. The van der Waals surface area contributed by atoms with E-state index in [9.17, 15) is 4.79 Å². The summed E-state index contributed by atoms with van der Waals surface area (Å²) in [5, 5.41) is 0.671. The molecule has 2 rings (SSSR count). The second-order valence-electron chi connectivity index (χ2n) is 5.18. The Kier molecular flexibility index (Phi) is 7.95. The van der Waals surface area contributed by atoms with Gasteiger partial charge in [-0.15, -0.1) is 12.4 Å². The highest BCUT2D eigenvalue weighted by atomic mass is 35.5. The molecule has 0 radical (unpaired) electrons. The summed E-state index contributed by atoms with van der Waals surface area (Å²) in [4.78, 5) is 14.5. The summed E-state index contributed by atoms with van der Waals surface area (Å²) in [7, 11) is 0. The van der Waals surface area contributed by atoms with Gasteiger partial charge in [-0.05, 0) is 31.3 Å². The molecule has 2 N–H and O–H groups in total. The van der Waals surface area contributed by atoms with Crippen LogP contribution in [0.4, 0.5) is 0 Å². The first-order chi connectivity index (χ1) is 8.74. The summed E-state index contributed by atoms with van der Waals surface area (Å²) in [5.74, 6) is 2.26. The molecule has 1 saturated heterocycles. The number of hydrogen-bond acceptors (Lipinski definition) is 4. The van der Waals surface area contributed by atoms with Crippen molar-refractivity contribution < 1.29 is 4.79 Å². The molecule has 0 aromatic heterocycles. The van der Waals surface area contributed by atoms with Gasteiger partial charge in [-0.2, -0.15) is 23.5 Å². The van der Waals surface area contributed by atoms with Gasteiger partial charge in [0.25, 0.3) is 0 Å². The SMILES string of the molecule is CSCC[C@H](N)C(=O)N1CCSC2CCCCC21.Cl. The Morgan fingerprint density at radius 1 is 1.47 bits per heavy atom. The highest BCUT2D eigenvalue weighted by Crippen LogP contribution is 2.35. The van der Waals surface area contributed by atoms with Crippen LogP contribution in [0.2, 0.25) is 0 Å². The van der Waals surface area contributed by atoms with Crippen molar-refractivity contribution in [1.29, 1.82) is 0 Å². The smallest absolute Gasteiger partial charge is 0.239 e. The van der Waals surface area contributed by atoms with E-state index < -0.39 is 0 Å². The van der Waals surface area contributed by atoms with Crippen LogP contribution in [0.5, 0.6) is 0 Å². The molecule has 19 heavy (non-hydrogen) atoms. The molecule has 6 heteroatoms. The molecular weight excluding hydrogens is 300 g/mol. The van der Waals surface area contributed by atoms with Crippen molar-refractivity contribution in [2.45, 2.75) is 49.4 Å². The largest absolute Gasteiger partial charge is 0.336 e. The molecule has 0 bridgehead atoms. The van der Waals surface area contributed by atoms with Gasteiger partial charge in [-0.3, -0.25) is 4.79 Å². The van der Waals surface area contributed by atoms with Gasteiger partial charge in [0, 0.05) is 23.6 Å². The quantitative estimate of drug-likeness (QED) is 0.862. The Hall–Kier alpha value is 0.420. The lowest BCUT2D eigenvalue weighted by molar-refractivity contribution is -0.135. The third-order valence-electron chi connectivity index (χ3n) is 3.97. The van der Waals surface area contributed by atoms with Crippen molar-refractivity contribution >= 4 is 41.8 Å². The van der Waals surface area contributed by atoms with E-state index in [0.29, 0.717) is 11.3 Å². The number of fused-ring (bicyclic) bond motifs is 1. The third-order valence-corrected chi connectivity index (χ3v) is 6.01. The molecule has 2 unspecified atom stereocenters. The number of carbonyl (C=O) groups excluding carboxylic acids is 1. The number of carbonyl (C=O) groups is 1. The summed E-state index contributed by atoms with van der Waals surface area (Å²) in [6.07, 6.45) is 7.92. The van der Waals surface area contributed by atoms with Gasteiger partial charge in [0.05, 0.1) is 6.04 Å². The van der Waals surface area contributed by atoms with Gasteiger partial charge in [-0.1, -0.05) is 12.8 Å². The van der Waals surface area contributed by atoms with Crippen molar-refractivity contribution in [3.63, 3.8) is 0 Å². The summed E-state index contributed by atoms with van der Waals surface area (Å²) >= 11 is 3.82. The maximum absolute atomic E-state index is 12.4. The van der Waals surface area contributed by atoms with E-state index in [4.69, 9.17) is 5.73 Å².